The van der Waals surface area contributed by atoms with Gasteiger partial charge >= 0.3 is 0 Å². The van der Waals surface area contributed by atoms with Gasteiger partial charge in [0.25, 0.3) is 0 Å². The van der Waals surface area contributed by atoms with E-state index in [1.54, 1.807) is 0 Å². The average Bonchev–Trinajstić information content (AvgIpc) is 1.99. The van der Waals surface area contributed by atoms with E-state index in [0.29, 0.717) is 0 Å². The van der Waals surface area contributed by atoms with Crippen LogP contribution in [0.15, 0.2) is 0 Å². The normalized spacial score (nSPS) is 12.0. The first-order valence-electron chi connectivity index (χ1n) is 4.94. The number of hydrogen-bond acceptors (Lipinski definition) is 0. The molecule has 0 aliphatic rings. The highest BCUT2D eigenvalue weighted by atomic mass is 15.3. The van der Waals surface area contributed by atoms with Crippen molar-refractivity contribution in [3.63, 3.8) is 0 Å². The molecule has 0 saturated heterocycles. The van der Waals surface area contributed by atoms with Gasteiger partial charge in [0.15, 0.2) is 0 Å². The molecule has 0 aliphatic heterocycles. The fourth-order valence-corrected chi connectivity index (χ4v) is 1.12. The average molecular weight is 158 g/mol. The van der Waals surface area contributed by atoms with Gasteiger partial charge in [-0.15, -0.1) is 0 Å². The van der Waals surface area contributed by atoms with Crippen molar-refractivity contribution >= 4 is 0 Å². The first-order chi connectivity index (χ1) is 5.12. The topological polar surface area (TPSA) is 0 Å². The van der Waals surface area contributed by atoms with Gasteiger partial charge in [-0.2, -0.15) is 0 Å². The second-order valence-electron chi connectivity index (χ2n) is 4.04. The van der Waals surface area contributed by atoms with Gasteiger partial charge in [-0.1, -0.05) is 19.8 Å². The van der Waals surface area contributed by atoms with E-state index in [0.717, 1.165) is 0 Å². The van der Waals surface area contributed by atoms with Gasteiger partial charge in [-0.05, 0) is 19.8 Å². The second kappa shape index (κ2) is 5.59. The van der Waals surface area contributed by atoms with Crippen molar-refractivity contribution in [2.75, 3.05) is 27.2 Å². The van der Waals surface area contributed by atoms with Gasteiger partial charge < -0.3 is 4.48 Å². The maximum atomic E-state index is 2.31. The highest BCUT2D eigenvalue weighted by Crippen LogP contribution is 2.04. The van der Waals surface area contributed by atoms with E-state index < -0.39 is 0 Å². The molecule has 0 aliphatic carbocycles. The molecule has 0 bridgehead atoms. The first kappa shape index (κ1) is 11.0. The minimum absolute atomic E-state index is 1.18. The summed E-state index contributed by atoms with van der Waals surface area (Å²) in [5, 5.41) is 0. The van der Waals surface area contributed by atoms with Crippen molar-refractivity contribution in [1.29, 1.82) is 0 Å². The summed E-state index contributed by atoms with van der Waals surface area (Å²) in [4.78, 5) is 0. The van der Waals surface area contributed by atoms with Crippen LogP contribution in [0.2, 0.25) is 0 Å². The van der Waals surface area contributed by atoms with E-state index in [1.165, 1.54) is 43.3 Å². The molecule has 0 rings (SSSR count). The van der Waals surface area contributed by atoms with Crippen LogP contribution in [0.25, 0.3) is 0 Å². The molecule has 0 aromatic heterocycles. The molecule has 0 spiro atoms. The Balaban J connectivity index is 3.23. The summed E-state index contributed by atoms with van der Waals surface area (Å²) in [5.41, 5.74) is 0. The van der Waals surface area contributed by atoms with E-state index in [4.69, 9.17) is 0 Å². The van der Waals surface area contributed by atoms with Gasteiger partial charge in [-0.3, -0.25) is 0 Å². The Kier molecular flexibility index (Phi) is 5.57. The summed E-state index contributed by atoms with van der Waals surface area (Å²) in [6, 6.07) is 0. The predicted molar refractivity (Wildman–Crippen MR) is 51.7 cm³/mol. The van der Waals surface area contributed by atoms with Gasteiger partial charge in [0, 0.05) is 0 Å². The lowest BCUT2D eigenvalue weighted by molar-refractivity contribution is -0.888. The molecule has 0 atom stereocenters. The summed E-state index contributed by atoms with van der Waals surface area (Å²) in [5.74, 6) is 0. The molecule has 0 aromatic rings. The summed E-state index contributed by atoms with van der Waals surface area (Å²) >= 11 is 0. The van der Waals surface area contributed by atoms with Gasteiger partial charge in [0.05, 0.1) is 27.2 Å². The third-order valence-electron chi connectivity index (χ3n) is 2.47. The highest BCUT2D eigenvalue weighted by molar-refractivity contribution is 4.39. The zero-order chi connectivity index (χ0) is 8.74. The predicted octanol–water partition coefficient (Wildman–Crippen LogP) is 2.66. The molecule has 1 nitrogen and oxygen atoms in total. The quantitative estimate of drug-likeness (QED) is 0.412. The van der Waals surface area contributed by atoms with Gasteiger partial charge in [0.1, 0.15) is 0 Å². The van der Waals surface area contributed by atoms with Crippen molar-refractivity contribution < 1.29 is 4.48 Å². The summed E-state index contributed by atoms with van der Waals surface area (Å²) in [6.07, 6.45) is 5.57. The third kappa shape index (κ3) is 6.36. The lowest BCUT2D eigenvalue weighted by atomic mass is 10.2. The fourth-order valence-electron chi connectivity index (χ4n) is 1.12. The van der Waals surface area contributed by atoms with Crippen molar-refractivity contribution in [3.05, 3.63) is 0 Å². The second-order valence-corrected chi connectivity index (χ2v) is 4.04. The monoisotopic (exact) mass is 158 g/mol. The SMILES string of the molecule is CCCCCC[N+](C)(C)CC. The first-order valence-corrected chi connectivity index (χ1v) is 4.94. The Bertz CT molecular complexity index is 86.9. The molecule has 1 heteroatoms. The lowest BCUT2D eigenvalue weighted by Gasteiger charge is -2.28. The van der Waals surface area contributed by atoms with Crippen molar-refractivity contribution in [2.45, 2.75) is 39.5 Å². The van der Waals surface area contributed by atoms with Crippen LogP contribution < -0.4 is 0 Å². The number of quaternary nitrogens is 1. The Morgan fingerprint density at radius 3 is 2.00 bits per heavy atom. The molecule has 0 unspecified atom stereocenters. The van der Waals surface area contributed by atoms with Crippen molar-refractivity contribution in [3.8, 4) is 0 Å². The number of rotatable bonds is 6. The minimum atomic E-state index is 1.18. The largest absolute Gasteiger partial charge is 0.329 e. The molecule has 0 saturated carbocycles. The molecule has 68 valence electrons. The Hall–Kier alpha value is -0.0400. The van der Waals surface area contributed by atoms with Crippen LogP contribution in [-0.2, 0) is 0 Å². The van der Waals surface area contributed by atoms with Crippen LogP contribution in [0.5, 0.6) is 0 Å². The van der Waals surface area contributed by atoms with Crippen LogP contribution in [-0.4, -0.2) is 31.7 Å². The fraction of sp³-hybridized carbons (Fsp3) is 1.00. The van der Waals surface area contributed by atoms with E-state index in [1.807, 2.05) is 0 Å². The zero-order valence-corrected chi connectivity index (χ0v) is 8.69. The van der Waals surface area contributed by atoms with Gasteiger partial charge in [0.2, 0.25) is 0 Å². The zero-order valence-electron chi connectivity index (χ0n) is 8.69. The lowest BCUT2D eigenvalue weighted by Crippen LogP contribution is -2.39. The molecular weight excluding hydrogens is 134 g/mol. The number of nitrogens with zero attached hydrogens (tertiary/aromatic N) is 1. The van der Waals surface area contributed by atoms with Crippen LogP contribution >= 0.6 is 0 Å². The van der Waals surface area contributed by atoms with Crippen LogP contribution in [0.3, 0.4) is 0 Å². The maximum Gasteiger partial charge on any atom is 0.0782 e. The van der Waals surface area contributed by atoms with E-state index in [-0.39, 0.29) is 0 Å². The highest BCUT2D eigenvalue weighted by Gasteiger charge is 2.09. The van der Waals surface area contributed by atoms with Crippen molar-refractivity contribution in [1.82, 2.24) is 0 Å². The summed E-state index contributed by atoms with van der Waals surface area (Å²) in [7, 11) is 4.62. The summed E-state index contributed by atoms with van der Waals surface area (Å²) < 4.78 is 1.18. The van der Waals surface area contributed by atoms with E-state index in [9.17, 15) is 0 Å². The molecule has 0 amide bonds. The molecule has 0 fully saturated rings. The van der Waals surface area contributed by atoms with E-state index in [2.05, 4.69) is 27.9 Å². The Morgan fingerprint density at radius 1 is 0.909 bits per heavy atom. The summed E-state index contributed by atoms with van der Waals surface area (Å²) in [6.45, 7) is 7.13. The number of hydrogen-bond donors (Lipinski definition) is 0. The molecule has 0 N–H and O–H groups in total. The Morgan fingerprint density at radius 2 is 1.55 bits per heavy atom. The standard InChI is InChI=1S/C10H24N/c1-5-7-8-9-10-11(3,4)6-2/h5-10H2,1-4H3/q+1. The van der Waals surface area contributed by atoms with Crippen molar-refractivity contribution in [2.24, 2.45) is 0 Å². The smallest absolute Gasteiger partial charge is 0.0782 e. The molecule has 11 heavy (non-hydrogen) atoms. The minimum Gasteiger partial charge on any atom is -0.329 e. The van der Waals surface area contributed by atoms with Gasteiger partial charge in [-0.25, -0.2) is 0 Å². The number of unbranched alkanes of at least 4 members (excludes halogenated alkanes) is 3. The van der Waals surface area contributed by atoms with Crippen LogP contribution in [0.4, 0.5) is 0 Å². The maximum absolute atomic E-state index is 2.31. The molecule has 0 aromatic carbocycles. The van der Waals surface area contributed by atoms with Crippen LogP contribution in [0, 0.1) is 0 Å². The Labute approximate surface area is 72.0 Å². The van der Waals surface area contributed by atoms with Crippen LogP contribution in [0.1, 0.15) is 39.5 Å². The molecule has 0 radical (unpaired) electrons. The third-order valence-corrected chi connectivity index (χ3v) is 2.47. The molecule has 0 heterocycles. The molecular formula is C10H24N+. The van der Waals surface area contributed by atoms with E-state index >= 15 is 0 Å².